The molecule has 0 aliphatic carbocycles. The van der Waals surface area contributed by atoms with Crippen molar-refractivity contribution in [3.05, 3.63) is 0 Å². The standard InChI is InChI=1S/C10H17NO6S2/c12-10(13)5-8-6-11(7-8)19(16,17)9-1-3-18(14,15)4-2-9/h8-9H,1-7H2,(H,12,13). The summed E-state index contributed by atoms with van der Waals surface area (Å²) >= 11 is 0. The van der Waals surface area contributed by atoms with Crippen molar-refractivity contribution in [2.24, 2.45) is 5.92 Å². The van der Waals surface area contributed by atoms with Crippen LogP contribution in [-0.2, 0) is 24.7 Å². The highest BCUT2D eigenvalue weighted by Gasteiger charge is 2.42. The van der Waals surface area contributed by atoms with Crippen molar-refractivity contribution >= 4 is 25.8 Å². The number of sulfonamides is 1. The van der Waals surface area contributed by atoms with Crippen LogP contribution in [-0.4, -0.2) is 62.1 Å². The van der Waals surface area contributed by atoms with E-state index in [1.54, 1.807) is 0 Å². The van der Waals surface area contributed by atoms with Crippen LogP contribution in [0.1, 0.15) is 19.3 Å². The zero-order valence-corrected chi connectivity index (χ0v) is 12.0. The van der Waals surface area contributed by atoms with E-state index in [-0.39, 0.29) is 49.8 Å². The molecule has 0 spiro atoms. The van der Waals surface area contributed by atoms with Gasteiger partial charge in [0.1, 0.15) is 9.84 Å². The second-order valence-electron chi connectivity index (χ2n) is 5.18. The minimum absolute atomic E-state index is 0.0228. The second kappa shape index (κ2) is 5.02. The molecule has 7 nitrogen and oxygen atoms in total. The van der Waals surface area contributed by atoms with E-state index in [1.165, 1.54) is 4.31 Å². The fourth-order valence-corrected chi connectivity index (χ4v) is 6.36. The number of hydrogen-bond donors (Lipinski definition) is 1. The van der Waals surface area contributed by atoms with Crippen molar-refractivity contribution in [3.8, 4) is 0 Å². The fourth-order valence-electron chi connectivity index (χ4n) is 2.48. The monoisotopic (exact) mass is 311 g/mol. The van der Waals surface area contributed by atoms with Gasteiger partial charge in [-0.1, -0.05) is 0 Å². The smallest absolute Gasteiger partial charge is 0.303 e. The van der Waals surface area contributed by atoms with Crippen LogP contribution in [0.2, 0.25) is 0 Å². The first-order chi connectivity index (χ1) is 8.71. The molecule has 0 aromatic rings. The molecule has 0 amide bonds. The Morgan fingerprint density at radius 3 is 2.21 bits per heavy atom. The van der Waals surface area contributed by atoms with Gasteiger partial charge in [-0.2, -0.15) is 0 Å². The van der Waals surface area contributed by atoms with Gasteiger partial charge >= 0.3 is 5.97 Å². The number of aliphatic carboxylic acids is 1. The molecule has 1 N–H and O–H groups in total. The van der Waals surface area contributed by atoms with Gasteiger partial charge in [-0.15, -0.1) is 0 Å². The number of carboxylic acids is 1. The maximum absolute atomic E-state index is 12.2. The second-order valence-corrected chi connectivity index (χ2v) is 9.69. The first-order valence-electron chi connectivity index (χ1n) is 6.12. The summed E-state index contributed by atoms with van der Waals surface area (Å²) in [6.45, 7) is 0.468. The predicted octanol–water partition coefficient (Wildman–Crippen LogP) is -0.700. The Kier molecular flexibility index (Phi) is 3.90. The average Bonchev–Trinajstić information content (AvgIpc) is 2.21. The summed E-state index contributed by atoms with van der Waals surface area (Å²) in [6, 6.07) is 0. The number of hydrogen-bond acceptors (Lipinski definition) is 5. The Bertz CT molecular complexity index is 547. The zero-order chi connectivity index (χ0) is 14.3. The molecule has 2 heterocycles. The van der Waals surface area contributed by atoms with Crippen LogP contribution in [0.25, 0.3) is 0 Å². The molecule has 9 heteroatoms. The third kappa shape index (κ3) is 3.26. The van der Waals surface area contributed by atoms with Gasteiger partial charge in [0, 0.05) is 13.1 Å². The molecule has 2 rings (SSSR count). The van der Waals surface area contributed by atoms with Crippen LogP contribution < -0.4 is 0 Å². The van der Waals surface area contributed by atoms with Crippen LogP contribution in [0.3, 0.4) is 0 Å². The van der Waals surface area contributed by atoms with Gasteiger partial charge in [0.2, 0.25) is 10.0 Å². The summed E-state index contributed by atoms with van der Waals surface area (Å²) in [5.74, 6) is -1.21. The summed E-state index contributed by atoms with van der Waals surface area (Å²) in [7, 11) is -6.55. The molecule has 0 aromatic heterocycles. The Balaban J connectivity index is 1.92. The van der Waals surface area contributed by atoms with Crippen LogP contribution in [0.15, 0.2) is 0 Å². The quantitative estimate of drug-likeness (QED) is 0.735. The van der Waals surface area contributed by atoms with Crippen molar-refractivity contribution in [2.45, 2.75) is 24.5 Å². The zero-order valence-electron chi connectivity index (χ0n) is 10.4. The normalized spacial score (nSPS) is 25.9. The third-order valence-corrected chi connectivity index (χ3v) is 7.72. The van der Waals surface area contributed by atoms with Gasteiger partial charge in [-0.25, -0.2) is 21.1 Å². The SMILES string of the molecule is O=C(O)CC1CN(S(=O)(=O)C2CCS(=O)(=O)CC2)C1. The molecule has 19 heavy (non-hydrogen) atoms. The third-order valence-electron chi connectivity index (χ3n) is 3.67. The number of sulfone groups is 1. The number of carbonyl (C=O) groups is 1. The molecule has 0 atom stereocenters. The van der Waals surface area contributed by atoms with Crippen molar-refractivity contribution in [2.75, 3.05) is 24.6 Å². The molecule has 0 radical (unpaired) electrons. The van der Waals surface area contributed by atoms with E-state index in [9.17, 15) is 21.6 Å². The molecule has 2 aliphatic rings. The van der Waals surface area contributed by atoms with Crippen LogP contribution in [0, 0.1) is 5.92 Å². The lowest BCUT2D eigenvalue weighted by atomic mass is 10.00. The van der Waals surface area contributed by atoms with Crippen molar-refractivity contribution in [1.29, 1.82) is 0 Å². The first kappa shape index (κ1) is 14.7. The minimum atomic E-state index is -3.47. The maximum Gasteiger partial charge on any atom is 0.303 e. The number of carboxylic acid groups (broad SMARTS) is 1. The van der Waals surface area contributed by atoms with Gasteiger partial charge < -0.3 is 5.11 Å². The van der Waals surface area contributed by atoms with Crippen molar-refractivity contribution in [1.82, 2.24) is 4.31 Å². The van der Waals surface area contributed by atoms with Gasteiger partial charge in [-0.3, -0.25) is 4.79 Å². The Morgan fingerprint density at radius 2 is 1.74 bits per heavy atom. The molecule has 0 bridgehead atoms. The Labute approximate surface area is 112 Å². The maximum atomic E-state index is 12.2. The predicted molar refractivity (Wildman–Crippen MR) is 67.9 cm³/mol. The molecular formula is C10H17NO6S2. The van der Waals surface area contributed by atoms with E-state index in [2.05, 4.69) is 0 Å². The minimum Gasteiger partial charge on any atom is -0.481 e. The van der Waals surface area contributed by atoms with Crippen LogP contribution in [0.5, 0.6) is 0 Å². The largest absolute Gasteiger partial charge is 0.481 e. The number of nitrogens with zero attached hydrogens (tertiary/aromatic N) is 1. The summed E-state index contributed by atoms with van der Waals surface area (Å²) in [4.78, 5) is 10.5. The van der Waals surface area contributed by atoms with Gasteiger partial charge in [0.15, 0.2) is 0 Å². The summed E-state index contributed by atoms with van der Waals surface area (Å²) in [5.41, 5.74) is 0. The highest BCUT2D eigenvalue weighted by Crippen LogP contribution is 2.29. The highest BCUT2D eigenvalue weighted by atomic mass is 32.2. The lowest BCUT2D eigenvalue weighted by Crippen LogP contribution is -2.54. The molecule has 110 valence electrons. The number of rotatable bonds is 4. The molecule has 0 unspecified atom stereocenters. The van der Waals surface area contributed by atoms with Crippen LogP contribution >= 0.6 is 0 Å². The van der Waals surface area contributed by atoms with E-state index >= 15 is 0 Å². The van der Waals surface area contributed by atoms with E-state index in [4.69, 9.17) is 5.11 Å². The summed E-state index contributed by atoms with van der Waals surface area (Å²) < 4.78 is 48.2. The van der Waals surface area contributed by atoms with Gasteiger partial charge in [0.05, 0.1) is 23.2 Å². The Morgan fingerprint density at radius 1 is 1.21 bits per heavy atom. The lowest BCUT2D eigenvalue weighted by Gasteiger charge is -2.40. The van der Waals surface area contributed by atoms with Crippen molar-refractivity contribution in [3.63, 3.8) is 0 Å². The summed E-state index contributed by atoms with van der Waals surface area (Å²) in [5, 5.41) is 7.97. The average molecular weight is 311 g/mol. The topological polar surface area (TPSA) is 109 Å². The molecule has 2 saturated heterocycles. The molecular weight excluding hydrogens is 294 g/mol. The molecule has 2 fully saturated rings. The van der Waals surface area contributed by atoms with Gasteiger partial charge in [-0.05, 0) is 18.8 Å². The van der Waals surface area contributed by atoms with E-state index in [0.29, 0.717) is 0 Å². The Hall–Kier alpha value is -0.670. The van der Waals surface area contributed by atoms with E-state index in [1.807, 2.05) is 0 Å². The van der Waals surface area contributed by atoms with Crippen LogP contribution in [0.4, 0.5) is 0 Å². The molecule has 2 aliphatic heterocycles. The van der Waals surface area contributed by atoms with E-state index < -0.39 is 31.1 Å². The lowest BCUT2D eigenvalue weighted by molar-refractivity contribution is -0.139. The molecule has 0 saturated carbocycles. The fraction of sp³-hybridized carbons (Fsp3) is 0.900. The van der Waals surface area contributed by atoms with Crippen molar-refractivity contribution < 1.29 is 26.7 Å². The van der Waals surface area contributed by atoms with E-state index in [0.717, 1.165) is 0 Å². The first-order valence-corrected chi connectivity index (χ1v) is 9.44. The highest BCUT2D eigenvalue weighted by molar-refractivity contribution is 7.92. The summed E-state index contributed by atoms with van der Waals surface area (Å²) in [6.07, 6.45) is 0.264. The molecule has 0 aromatic carbocycles. The van der Waals surface area contributed by atoms with Gasteiger partial charge in [0.25, 0.3) is 0 Å².